The molecule has 0 aromatic heterocycles. The number of ether oxygens (including phenoxy) is 3. The van der Waals surface area contributed by atoms with Gasteiger partial charge in [0.2, 0.25) is 5.91 Å². The first kappa shape index (κ1) is 14.3. The molecule has 0 unspecified atom stereocenters. The van der Waals surface area contributed by atoms with Crippen LogP contribution in [0.25, 0.3) is 0 Å². The van der Waals surface area contributed by atoms with Gasteiger partial charge >= 0.3 is 0 Å². The predicted octanol–water partition coefficient (Wildman–Crippen LogP) is 1.56. The number of hydrogen-bond acceptors (Lipinski definition) is 4. The standard InChI is InChI=1S/C15H25NO4/c1-12-3-2-4-13(9-12)18-10-14(17)16-6-5-15(11-16)19-7-8-20-15/h12-13H,2-11H2,1H3/t12-,13-/m1/s1. The Morgan fingerprint density at radius 1 is 1.35 bits per heavy atom. The lowest BCUT2D eigenvalue weighted by molar-refractivity contribution is -0.155. The zero-order valence-corrected chi connectivity index (χ0v) is 12.3. The van der Waals surface area contributed by atoms with E-state index in [1.165, 1.54) is 12.8 Å². The molecule has 5 nitrogen and oxygen atoms in total. The van der Waals surface area contributed by atoms with E-state index in [0.717, 1.165) is 25.2 Å². The van der Waals surface area contributed by atoms with E-state index < -0.39 is 5.79 Å². The third-order valence-corrected chi connectivity index (χ3v) is 4.69. The van der Waals surface area contributed by atoms with Gasteiger partial charge in [0.05, 0.1) is 25.9 Å². The minimum absolute atomic E-state index is 0.0687. The molecule has 2 atom stereocenters. The fourth-order valence-electron chi connectivity index (χ4n) is 3.51. The van der Waals surface area contributed by atoms with Crippen LogP contribution in [0.3, 0.4) is 0 Å². The van der Waals surface area contributed by atoms with Crippen molar-refractivity contribution < 1.29 is 19.0 Å². The Labute approximate surface area is 120 Å². The maximum absolute atomic E-state index is 12.2. The number of nitrogens with zero attached hydrogens (tertiary/aromatic N) is 1. The Hall–Kier alpha value is -0.650. The second kappa shape index (κ2) is 6.00. The van der Waals surface area contributed by atoms with Gasteiger partial charge in [0.15, 0.2) is 5.79 Å². The van der Waals surface area contributed by atoms with Crippen LogP contribution in [0.1, 0.15) is 39.0 Å². The monoisotopic (exact) mass is 283 g/mol. The topological polar surface area (TPSA) is 48.0 Å². The van der Waals surface area contributed by atoms with E-state index in [1.54, 1.807) is 0 Å². The van der Waals surface area contributed by atoms with Gasteiger partial charge in [-0.2, -0.15) is 0 Å². The molecule has 1 spiro atoms. The van der Waals surface area contributed by atoms with Gasteiger partial charge in [-0.25, -0.2) is 0 Å². The Kier molecular flexibility index (Phi) is 4.29. The van der Waals surface area contributed by atoms with E-state index in [1.807, 2.05) is 4.90 Å². The SMILES string of the molecule is C[C@@H]1CCC[C@@H](OCC(=O)N2CCC3(C2)OCCO3)C1. The van der Waals surface area contributed by atoms with Crippen molar-refractivity contribution in [2.24, 2.45) is 5.92 Å². The molecule has 1 amide bonds. The molecule has 3 fully saturated rings. The quantitative estimate of drug-likeness (QED) is 0.788. The summed E-state index contributed by atoms with van der Waals surface area (Å²) in [6.07, 6.45) is 5.72. The first-order valence-corrected chi connectivity index (χ1v) is 7.84. The fourth-order valence-corrected chi connectivity index (χ4v) is 3.51. The van der Waals surface area contributed by atoms with Crippen molar-refractivity contribution in [3.8, 4) is 0 Å². The van der Waals surface area contributed by atoms with Crippen molar-refractivity contribution in [1.29, 1.82) is 0 Å². The van der Waals surface area contributed by atoms with Gasteiger partial charge in [0, 0.05) is 13.0 Å². The lowest BCUT2D eigenvalue weighted by Crippen LogP contribution is -2.39. The molecule has 0 bridgehead atoms. The molecule has 5 heteroatoms. The smallest absolute Gasteiger partial charge is 0.248 e. The van der Waals surface area contributed by atoms with Crippen LogP contribution in [-0.4, -0.2) is 55.6 Å². The summed E-state index contributed by atoms with van der Waals surface area (Å²) in [6, 6.07) is 0. The van der Waals surface area contributed by atoms with Crippen molar-refractivity contribution in [3.05, 3.63) is 0 Å². The summed E-state index contributed by atoms with van der Waals surface area (Å²) in [4.78, 5) is 14.0. The highest BCUT2D eigenvalue weighted by Crippen LogP contribution is 2.30. The molecule has 0 aromatic carbocycles. The summed E-state index contributed by atoms with van der Waals surface area (Å²) in [5, 5.41) is 0. The number of carbonyl (C=O) groups is 1. The second-order valence-electron chi connectivity index (χ2n) is 6.38. The van der Waals surface area contributed by atoms with Crippen LogP contribution in [0.2, 0.25) is 0 Å². The van der Waals surface area contributed by atoms with Crippen LogP contribution in [0.4, 0.5) is 0 Å². The summed E-state index contributed by atoms with van der Waals surface area (Å²) in [6.45, 7) is 5.00. The molecular weight excluding hydrogens is 258 g/mol. The Morgan fingerprint density at radius 3 is 2.90 bits per heavy atom. The van der Waals surface area contributed by atoms with Crippen molar-refractivity contribution in [3.63, 3.8) is 0 Å². The first-order chi connectivity index (χ1) is 9.67. The number of likely N-dealkylation sites (tertiary alicyclic amines) is 1. The Morgan fingerprint density at radius 2 is 2.15 bits per heavy atom. The van der Waals surface area contributed by atoms with Gasteiger partial charge in [0.1, 0.15) is 6.61 Å². The van der Waals surface area contributed by atoms with E-state index >= 15 is 0 Å². The fraction of sp³-hybridized carbons (Fsp3) is 0.933. The maximum Gasteiger partial charge on any atom is 0.248 e. The zero-order chi connectivity index (χ0) is 14.0. The highest BCUT2D eigenvalue weighted by atomic mass is 16.7. The molecule has 2 heterocycles. The average Bonchev–Trinajstić information content (AvgIpc) is 3.07. The number of hydrogen-bond donors (Lipinski definition) is 0. The van der Waals surface area contributed by atoms with Crippen molar-refractivity contribution in [1.82, 2.24) is 4.90 Å². The average molecular weight is 283 g/mol. The predicted molar refractivity (Wildman–Crippen MR) is 73.2 cm³/mol. The summed E-state index contributed by atoms with van der Waals surface area (Å²) >= 11 is 0. The van der Waals surface area contributed by atoms with E-state index in [0.29, 0.717) is 26.3 Å². The summed E-state index contributed by atoms with van der Waals surface area (Å²) < 4.78 is 17.1. The van der Waals surface area contributed by atoms with E-state index in [9.17, 15) is 4.79 Å². The molecule has 2 aliphatic heterocycles. The molecule has 1 saturated carbocycles. The molecule has 0 N–H and O–H groups in total. The summed E-state index contributed by atoms with van der Waals surface area (Å²) in [5.41, 5.74) is 0. The molecule has 114 valence electrons. The van der Waals surface area contributed by atoms with Gasteiger partial charge in [-0.1, -0.05) is 19.8 Å². The highest BCUT2D eigenvalue weighted by Gasteiger charge is 2.44. The third kappa shape index (κ3) is 3.15. The largest absolute Gasteiger partial charge is 0.368 e. The van der Waals surface area contributed by atoms with E-state index in [4.69, 9.17) is 14.2 Å². The van der Waals surface area contributed by atoms with E-state index in [2.05, 4.69) is 6.92 Å². The van der Waals surface area contributed by atoms with Gasteiger partial charge < -0.3 is 19.1 Å². The van der Waals surface area contributed by atoms with Crippen LogP contribution in [0, 0.1) is 5.92 Å². The normalized spacial score (nSPS) is 33.0. The minimum Gasteiger partial charge on any atom is -0.368 e. The molecule has 20 heavy (non-hydrogen) atoms. The molecule has 3 aliphatic rings. The van der Waals surface area contributed by atoms with Crippen LogP contribution < -0.4 is 0 Å². The highest BCUT2D eigenvalue weighted by molar-refractivity contribution is 5.77. The van der Waals surface area contributed by atoms with E-state index in [-0.39, 0.29) is 18.6 Å². The first-order valence-electron chi connectivity index (χ1n) is 7.84. The Bertz CT molecular complexity index is 354. The van der Waals surface area contributed by atoms with Gasteiger partial charge in [-0.15, -0.1) is 0 Å². The van der Waals surface area contributed by atoms with Gasteiger partial charge in [-0.3, -0.25) is 4.79 Å². The van der Waals surface area contributed by atoms with Crippen molar-refractivity contribution >= 4 is 5.91 Å². The number of carbonyl (C=O) groups excluding carboxylic acids is 1. The second-order valence-corrected chi connectivity index (χ2v) is 6.38. The molecule has 1 aliphatic carbocycles. The van der Waals surface area contributed by atoms with Crippen molar-refractivity contribution in [2.75, 3.05) is 32.9 Å². The van der Waals surface area contributed by atoms with Crippen molar-refractivity contribution in [2.45, 2.75) is 50.9 Å². The van der Waals surface area contributed by atoms with Gasteiger partial charge in [-0.05, 0) is 18.8 Å². The van der Waals surface area contributed by atoms with Crippen LogP contribution in [-0.2, 0) is 19.0 Å². The Balaban J connectivity index is 1.43. The molecule has 2 saturated heterocycles. The minimum atomic E-state index is -0.519. The number of rotatable bonds is 3. The summed E-state index contributed by atoms with van der Waals surface area (Å²) in [7, 11) is 0. The third-order valence-electron chi connectivity index (χ3n) is 4.69. The summed E-state index contributed by atoms with van der Waals surface area (Å²) in [5.74, 6) is 0.271. The molecule has 0 aromatic rings. The maximum atomic E-state index is 12.2. The molecule has 3 rings (SSSR count). The van der Waals surface area contributed by atoms with Gasteiger partial charge in [0.25, 0.3) is 0 Å². The number of amides is 1. The lowest BCUT2D eigenvalue weighted by Gasteiger charge is -2.27. The molecule has 0 radical (unpaired) electrons. The van der Waals surface area contributed by atoms with Crippen LogP contribution in [0.5, 0.6) is 0 Å². The lowest BCUT2D eigenvalue weighted by atomic mass is 9.89. The zero-order valence-electron chi connectivity index (χ0n) is 12.3. The van der Waals surface area contributed by atoms with Crippen LogP contribution in [0.15, 0.2) is 0 Å². The molecular formula is C15H25NO4. The van der Waals surface area contributed by atoms with Crippen LogP contribution >= 0.6 is 0 Å².